The average Bonchev–Trinajstić information content (AvgIpc) is 2.83. The third-order valence-corrected chi connectivity index (χ3v) is 5.82. The highest BCUT2D eigenvalue weighted by molar-refractivity contribution is 5.82. The second-order valence-electron chi connectivity index (χ2n) is 8.05. The smallest absolute Gasteiger partial charge is 0.119 e. The van der Waals surface area contributed by atoms with Gasteiger partial charge >= 0.3 is 0 Å². The van der Waals surface area contributed by atoms with Crippen molar-refractivity contribution in [1.82, 2.24) is 0 Å². The number of hydrogen-bond acceptors (Lipinski definition) is 3. The van der Waals surface area contributed by atoms with Crippen molar-refractivity contribution in [2.75, 3.05) is 19.1 Å². The Morgan fingerprint density at radius 3 is 1.44 bits per heavy atom. The first-order valence-electron chi connectivity index (χ1n) is 10.8. The third kappa shape index (κ3) is 4.33. The normalized spacial score (nSPS) is 10.7. The van der Waals surface area contributed by atoms with E-state index in [9.17, 15) is 0 Å². The van der Waals surface area contributed by atoms with E-state index in [4.69, 9.17) is 9.47 Å². The summed E-state index contributed by atoms with van der Waals surface area (Å²) in [4.78, 5) is 2.26. The fraction of sp³-hybridized carbons (Fsp3) is 0.172. The number of benzene rings is 4. The van der Waals surface area contributed by atoms with Crippen LogP contribution in [0.4, 0.5) is 17.1 Å². The summed E-state index contributed by atoms with van der Waals surface area (Å²) in [6, 6.07) is 29.6. The molecule has 0 bridgehead atoms. The lowest BCUT2D eigenvalue weighted by Crippen LogP contribution is -2.10. The fourth-order valence-electron chi connectivity index (χ4n) is 3.98. The summed E-state index contributed by atoms with van der Waals surface area (Å²) in [7, 11) is 3.37. The summed E-state index contributed by atoms with van der Waals surface area (Å²) in [5, 5.41) is 0. The number of anilines is 3. The van der Waals surface area contributed by atoms with Crippen LogP contribution in [0.15, 0.2) is 84.9 Å². The van der Waals surface area contributed by atoms with Crippen molar-refractivity contribution < 1.29 is 9.47 Å². The molecule has 0 radical (unpaired) electrons. The van der Waals surface area contributed by atoms with Crippen molar-refractivity contribution in [3.8, 4) is 22.6 Å². The quantitative estimate of drug-likeness (QED) is 0.316. The van der Waals surface area contributed by atoms with Gasteiger partial charge in [-0.3, -0.25) is 0 Å². The van der Waals surface area contributed by atoms with Crippen molar-refractivity contribution in [1.29, 1.82) is 0 Å². The maximum absolute atomic E-state index is 5.37. The molecule has 0 aliphatic carbocycles. The summed E-state index contributed by atoms with van der Waals surface area (Å²) >= 11 is 0. The van der Waals surface area contributed by atoms with Gasteiger partial charge in [-0.25, -0.2) is 0 Å². The summed E-state index contributed by atoms with van der Waals surface area (Å²) in [5.74, 6) is 1.67. The van der Waals surface area contributed by atoms with Gasteiger partial charge in [-0.2, -0.15) is 0 Å². The van der Waals surface area contributed by atoms with Crippen molar-refractivity contribution >= 4 is 17.1 Å². The van der Waals surface area contributed by atoms with E-state index in [1.165, 1.54) is 27.8 Å². The molecule has 0 saturated heterocycles. The van der Waals surface area contributed by atoms with Crippen LogP contribution in [-0.4, -0.2) is 14.2 Å². The van der Waals surface area contributed by atoms with Crippen LogP contribution in [0.2, 0.25) is 0 Å². The number of ether oxygens (including phenoxy) is 2. The summed E-state index contributed by atoms with van der Waals surface area (Å²) in [6.45, 7) is 6.49. The van der Waals surface area contributed by atoms with Crippen molar-refractivity contribution in [3.63, 3.8) is 0 Å². The topological polar surface area (TPSA) is 21.7 Å². The number of hydrogen-bond donors (Lipinski definition) is 0. The number of methoxy groups -OCH3 is 2. The lowest BCUT2D eigenvalue weighted by atomic mass is 9.94. The monoisotopic (exact) mass is 423 g/mol. The van der Waals surface area contributed by atoms with E-state index in [0.29, 0.717) is 0 Å². The summed E-state index contributed by atoms with van der Waals surface area (Å²) in [6.07, 6.45) is 0. The Hall–Kier alpha value is -3.72. The molecule has 0 spiro atoms. The maximum Gasteiger partial charge on any atom is 0.119 e. The molecule has 162 valence electrons. The van der Waals surface area contributed by atoms with Crippen LogP contribution in [0, 0.1) is 20.8 Å². The van der Waals surface area contributed by atoms with E-state index in [1.54, 1.807) is 14.2 Å². The van der Waals surface area contributed by atoms with E-state index in [0.717, 1.165) is 28.6 Å². The number of aryl methyl sites for hydroxylation is 3. The zero-order valence-corrected chi connectivity index (χ0v) is 19.3. The van der Waals surface area contributed by atoms with Gasteiger partial charge in [0.2, 0.25) is 0 Å². The van der Waals surface area contributed by atoms with Crippen LogP contribution in [0.1, 0.15) is 16.7 Å². The van der Waals surface area contributed by atoms with E-state index in [2.05, 4.69) is 86.3 Å². The lowest BCUT2D eigenvalue weighted by Gasteiger charge is -2.27. The van der Waals surface area contributed by atoms with Gasteiger partial charge < -0.3 is 14.4 Å². The van der Waals surface area contributed by atoms with Crippen LogP contribution >= 0.6 is 0 Å². The molecule has 0 atom stereocenters. The second kappa shape index (κ2) is 9.19. The molecule has 0 unspecified atom stereocenters. The molecule has 0 aromatic heterocycles. The van der Waals surface area contributed by atoms with Crippen LogP contribution in [-0.2, 0) is 0 Å². The molecular weight excluding hydrogens is 394 g/mol. The molecule has 3 heteroatoms. The van der Waals surface area contributed by atoms with Gasteiger partial charge in [-0.05, 0) is 104 Å². The molecule has 3 nitrogen and oxygen atoms in total. The van der Waals surface area contributed by atoms with Gasteiger partial charge in [0.15, 0.2) is 0 Å². The predicted octanol–water partition coefficient (Wildman–Crippen LogP) is 7.77. The van der Waals surface area contributed by atoms with Crippen LogP contribution in [0.25, 0.3) is 11.1 Å². The second-order valence-corrected chi connectivity index (χ2v) is 8.05. The van der Waals surface area contributed by atoms with Crippen molar-refractivity contribution in [2.45, 2.75) is 20.8 Å². The van der Waals surface area contributed by atoms with E-state index in [-0.39, 0.29) is 0 Å². The minimum absolute atomic E-state index is 0.836. The Morgan fingerprint density at radius 2 is 0.938 bits per heavy atom. The number of nitrogens with zero attached hydrogens (tertiary/aromatic N) is 1. The zero-order valence-electron chi connectivity index (χ0n) is 19.3. The average molecular weight is 424 g/mol. The Balaban J connectivity index is 1.87. The Kier molecular flexibility index (Phi) is 6.18. The molecule has 4 aromatic carbocycles. The van der Waals surface area contributed by atoms with Crippen LogP contribution in [0.5, 0.6) is 11.5 Å². The highest BCUT2D eigenvalue weighted by atomic mass is 16.5. The molecule has 0 N–H and O–H groups in total. The van der Waals surface area contributed by atoms with Gasteiger partial charge in [0.05, 0.1) is 14.2 Å². The fourth-order valence-corrected chi connectivity index (χ4v) is 3.98. The lowest BCUT2D eigenvalue weighted by molar-refractivity contribution is 0.415. The standard InChI is InChI=1S/C29H29NO2/c1-20-6-7-21(2)28(18-20)29-19-25(9-8-22(29)3)30(23-10-14-26(31-4)15-11-23)24-12-16-27(32-5)17-13-24/h6-19H,1-5H3. The Morgan fingerprint density at radius 1 is 0.500 bits per heavy atom. The molecule has 4 rings (SSSR count). The molecular formula is C29H29NO2. The molecule has 0 aliphatic rings. The van der Waals surface area contributed by atoms with E-state index in [1.807, 2.05) is 24.3 Å². The molecule has 0 heterocycles. The summed E-state index contributed by atoms with van der Waals surface area (Å²) in [5.41, 5.74) is 9.53. The number of rotatable bonds is 6. The highest BCUT2D eigenvalue weighted by Crippen LogP contribution is 2.39. The predicted molar refractivity (Wildman–Crippen MR) is 134 cm³/mol. The molecule has 0 saturated carbocycles. The van der Waals surface area contributed by atoms with Gasteiger partial charge in [-0.1, -0.05) is 29.8 Å². The van der Waals surface area contributed by atoms with Crippen LogP contribution < -0.4 is 14.4 Å². The van der Waals surface area contributed by atoms with Gasteiger partial charge in [-0.15, -0.1) is 0 Å². The maximum atomic E-state index is 5.37. The largest absolute Gasteiger partial charge is 0.497 e. The molecule has 0 aliphatic heterocycles. The first-order chi connectivity index (χ1) is 15.5. The highest BCUT2D eigenvalue weighted by Gasteiger charge is 2.15. The summed E-state index contributed by atoms with van der Waals surface area (Å²) < 4.78 is 10.7. The van der Waals surface area contributed by atoms with E-state index < -0.39 is 0 Å². The van der Waals surface area contributed by atoms with Crippen molar-refractivity contribution in [2.24, 2.45) is 0 Å². The zero-order chi connectivity index (χ0) is 22.7. The SMILES string of the molecule is COc1ccc(N(c2ccc(OC)cc2)c2ccc(C)c(-c3cc(C)ccc3C)c2)cc1. The van der Waals surface area contributed by atoms with Gasteiger partial charge in [0.1, 0.15) is 11.5 Å². The molecule has 0 amide bonds. The molecule has 4 aromatic rings. The minimum atomic E-state index is 0.836. The first-order valence-corrected chi connectivity index (χ1v) is 10.8. The first kappa shape index (κ1) is 21.5. The Bertz CT molecular complexity index is 1160. The van der Waals surface area contributed by atoms with Crippen LogP contribution in [0.3, 0.4) is 0 Å². The van der Waals surface area contributed by atoms with E-state index >= 15 is 0 Å². The van der Waals surface area contributed by atoms with Gasteiger partial charge in [0, 0.05) is 17.1 Å². The molecule has 0 fully saturated rings. The minimum Gasteiger partial charge on any atom is -0.497 e. The van der Waals surface area contributed by atoms with Crippen molar-refractivity contribution in [3.05, 3.63) is 102 Å². The Labute approximate surface area is 190 Å². The molecule has 32 heavy (non-hydrogen) atoms. The van der Waals surface area contributed by atoms with Gasteiger partial charge in [0.25, 0.3) is 0 Å². The third-order valence-electron chi connectivity index (χ3n) is 5.82.